The lowest BCUT2D eigenvalue weighted by Gasteiger charge is -2.15. The molecule has 0 aromatic heterocycles. The predicted molar refractivity (Wildman–Crippen MR) is 147 cm³/mol. The van der Waals surface area contributed by atoms with Crippen LogP contribution < -0.4 is 14.4 Å². The first-order valence-electron chi connectivity index (χ1n) is 11.3. The van der Waals surface area contributed by atoms with Gasteiger partial charge in [-0.2, -0.15) is 0 Å². The number of ether oxygens (including phenoxy) is 3. The summed E-state index contributed by atoms with van der Waals surface area (Å²) in [5, 5.41) is 0. The number of thioether (sulfide) groups is 1. The number of benzene rings is 3. The first-order chi connectivity index (χ1) is 17.4. The fourth-order valence-electron chi connectivity index (χ4n) is 3.65. The Morgan fingerprint density at radius 3 is 2.61 bits per heavy atom. The molecule has 1 fully saturated rings. The second kappa shape index (κ2) is 11.4. The summed E-state index contributed by atoms with van der Waals surface area (Å²) in [6.07, 6.45) is 1.77. The molecule has 36 heavy (non-hydrogen) atoms. The Morgan fingerprint density at radius 1 is 1.06 bits per heavy atom. The minimum Gasteiger partial charge on any atom is -0.493 e. The Morgan fingerprint density at radius 2 is 1.86 bits per heavy atom. The van der Waals surface area contributed by atoms with E-state index in [9.17, 15) is 9.59 Å². The molecule has 4 rings (SSSR count). The molecule has 184 valence electrons. The van der Waals surface area contributed by atoms with Crippen molar-refractivity contribution in [3.8, 4) is 11.5 Å². The normalized spacial score (nSPS) is 14.3. The van der Waals surface area contributed by atoms with Crippen molar-refractivity contribution in [3.05, 3.63) is 93.9 Å². The summed E-state index contributed by atoms with van der Waals surface area (Å²) in [4.78, 5) is 27.2. The average molecular weight is 520 g/mol. The van der Waals surface area contributed by atoms with Gasteiger partial charge in [0.2, 0.25) is 0 Å². The standard InChI is InChI=1S/C28H25NO5S2/c1-4-33-27(31)20-10-7-11-22(16-20)29-26(30)25(36-28(29)35)15-19-12-13-23(24(14-19)32-3)34-17-21-9-6-5-8-18(21)2/h5-16H,4,17H2,1-3H3/b25-15-. The van der Waals surface area contributed by atoms with Gasteiger partial charge in [0.1, 0.15) is 6.61 Å². The van der Waals surface area contributed by atoms with E-state index >= 15 is 0 Å². The Bertz CT molecular complexity index is 1350. The summed E-state index contributed by atoms with van der Waals surface area (Å²) < 4.78 is 17.0. The number of esters is 1. The zero-order chi connectivity index (χ0) is 25.7. The Labute approximate surface area is 219 Å². The zero-order valence-corrected chi connectivity index (χ0v) is 21.8. The highest BCUT2D eigenvalue weighted by molar-refractivity contribution is 8.27. The molecule has 1 aliphatic heterocycles. The number of thiocarbonyl (C=S) groups is 1. The first-order valence-corrected chi connectivity index (χ1v) is 12.5. The fraction of sp³-hybridized carbons (Fsp3) is 0.179. The smallest absolute Gasteiger partial charge is 0.338 e. The van der Waals surface area contributed by atoms with Crippen LogP contribution in [-0.2, 0) is 16.1 Å². The average Bonchev–Trinajstić information content (AvgIpc) is 3.16. The number of carbonyl (C=O) groups excluding carboxylic acids is 2. The van der Waals surface area contributed by atoms with Gasteiger partial charge in [0.05, 0.1) is 29.9 Å². The van der Waals surface area contributed by atoms with Gasteiger partial charge < -0.3 is 14.2 Å². The van der Waals surface area contributed by atoms with Crippen LogP contribution in [0, 0.1) is 6.92 Å². The summed E-state index contributed by atoms with van der Waals surface area (Å²) in [6.45, 7) is 4.48. The molecule has 3 aromatic rings. The maximum absolute atomic E-state index is 13.2. The van der Waals surface area contributed by atoms with Crippen molar-refractivity contribution in [1.82, 2.24) is 0 Å². The summed E-state index contributed by atoms with van der Waals surface area (Å²) in [7, 11) is 1.58. The Hall–Kier alpha value is -3.62. The van der Waals surface area contributed by atoms with Gasteiger partial charge in [0, 0.05) is 0 Å². The third-order valence-corrected chi connectivity index (χ3v) is 6.84. The van der Waals surface area contributed by atoms with E-state index < -0.39 is 5.97 Å². The van der Waals surface area contributed by atoms with Crippen LogP contribution in [0.25, 0.3) is 6.08 Å². The third-order valence-electron chi connectivity index (χ3n) is 5.54. The molecule has 6 nitrogen and oxygen atoms in total. The quantitative estimate of drug-likeness (QED) is 0.200. The Balaban J connectivity index is 1.53. The first kappa shape index (κ1) is 25.5. The summed E-state index contributed by atoms with van der Waals surface area (Å²) >= 11 is 6.68. The lowest BCUT2D eigenvalue weighted by atomic mass is 10.1. The molecule has 3 aromatic carbocycles. The van der Waals surface area contributed by atoms with Crippen molar-refractivity contribution >= 4 is 51.9 Å². The third kappa shape index (κ3) is 5.61. The van der Waals surface area contributed by atoms with E-state index in [1.165, 1.54) is 16.7 Å². The largest absolute Gasteiger partial charge is 0.493 e. The minimum atomic E-state index is -0.447. The van der Waals surface area contributed by atoms with Gasteiger partial charge in [0.15, 0.2) is 15.8 Å². The van der Waals surface area contributed by atoms with E-state index in [1.54, 1.807) is 44.4 Å². The summed E-state index contributed by atoms with van der Waals surface area (Å²) in [5.74, 6) is 0.471. The van der Waals surface area contributed by atoms with E-state index in [0.717, 1.165) is 16.7 Å². The number of aryl methyl sites for hydroxylation is 1. The molecular weight excluding hydrogens is 494 g/mol. The maximum atomic E-state index is 13.2. The van der Waals surface area contributed by atoms with Crippen LogP contribution in [0.4, 0.5) is 5.69 Å². The second-order valence-electron chi connectivity index (χ2n) is 7.91. The number of nitrogens with zero attached hydrogens (tertiary/aromatic N) is 1. The minimum absolute atomic E-state index is 0.259. The van der Waals surface area contributed by atoms with Crippen LogP contribution in [0.3, 0.4) is 0 Å². The molecule has 1 saturated heterocycles. The van der Waals surface area contributed by atoms with E-state index in [0.29, 0.717) is 38.6 Å². The van der Waals surface area contributed by atoms with E-state index in [4.69, 9.17) is 26.4 Å². The van der Waals surface area contributed by atoms with Gasteiger partial charge in [-0.15, -0.1) is 0 Å². The molecule has 1 heterocycles. The van der Waals surface area contributed by atoms with Crippen molar-refractivity contribution < 1.29 is 23.8 Å². The molecule has 0 N–H and O–H groups in total. The number of hydrogen-bond acceptors (Lipinski definition) is 7. The molecule has 1 aliphatic rings. The summed E-state index contributed by atoms with van der Waals surface area (Å²) in [6, 6.07) is 20.2. The molecule has 0 radical (unpaired) electrons. The topological polar surface area (TPSA) is 65.1 Å². The zero-order valence-electron chi connectivity index (χ0n) is 20.1. The van der Waals surface area contributed by atoms with Gasteiger partial charge in [-0.1, -0.05) is 60.4 Å². The van der Waals surface area contributed by atoms with Crippen LogP contribution in [-0.4, -0.2) is 29.9 Å². The van der Waals surface area contributed by atoms with Crippen LogP contribution in [0.5, 0.6) is 11.5 Å². The number of methoxy groups -OCH3 is 1. The number of carbonyl (C=O) groups is 2. The highest BCUT2D eigenvalue weighted by Crippen LogP contribution is 2.37. The van der Waals surface area contributed by atoms with Gasteiger partial charge in [-0.3, -0.25) is 9.69 Å². The molecule has 0 unspecified atom stereocenters. The van der Waals surface area contributed by atoms with Crippen LogP contribution in [0.15, 0.2) is 71.6 Å². The molecule has 0 bridgehead atoms. The molecule has 1 amide bonds. The summed E-state index contributed by atoms with van der Waals surface area (Å²) in [5.41, 5.74) is 3.90. The molecule has 0 atom stereocenters. The van der Waals surface area contributed by atoms with Crippen molar-refractivity contribution in [2.24, 2.45) is 0 Å². The Kier molecular flexibility index (Phi) is 8.07. The SMILES string of the molecule is CCOC(=O)c1cccc(N2C(=O)/C(=C/c3ccc(OCc4ccccc4C)c(OC)c3)SC2=S)c1. The van der Waals surface area contributed by atoms with Crippen LogP contribution in [0.2, 0.25) is 0 Å². The van der Waals surface area contributed by atoms with Crippen molar-refractivity contribution in [1.29, 1.82) is 0 Å². The molecule has 8 heteroatoms. The molecule has 0 saturated carbocycles. The van der Waals surface area contributed by atoms with Crippen LogP contribution >= 0.6 is 24.0 Å². The van der Waals surface area contributed by atoms with Crippen molar-refractivity contribution in [3.63, 3.8) is 0 Å². The number of amides is 1. The van der Waals surface area contributed by atoms with Gasteiger partial charge in [-0.05, 0) is 66.9 Å². The fourth-order valence-corrected chi connectivity index (χ4v) is 4.95. The van der Waals surface area contributed by atoms with E-state index in [1.807, 2.05) is 49.4 Å². The molecule has 0 spiro atoms. The highest BCUT2D eigenvalue weighted by Gasteiger charge is 2.33. The van der Waals surface area contributed by atoms with Gasteiger partial charge >= 0.3 is 5.97 Å². The van der Waals surface area contributed by atoms with Gasteiger partial charge in [-0.25, -0.2) is 4.79 Å². The van der Waals surface area contributed by atoms with Crippen molar-refractivity contribution in [2.75, 3.05) is 18.6 Å². The highest BCUT2D eigenvalue weighted by atomic mass is 32.2. The molecule has 0 aliphatic carbocycles. The monoisotopic (exact) mass is 519 g/mol. The van der Waals surface area contributed by atoms with Gasteiger partial charge in [0.25, 0.3) is 5.91 Å². The van der Waals surface area contributed by atoms with Crippen LogP contribution in [0.1, 0.15) is 34.0 Å². The van der Waals surface area contributed by atoms with E-state index in [2.05, 4.69) is 0 Å². The van der Waals surface area contributed by atoms with E-state index in [-0.39, 0.29) is 12.5 Å². The number of anilines is 1. The molecular formula is C28H25NO5S2. The predicted octanol–water partition coefficient (Wildman–Crippen LogP) is 6.17. The number of rotatable bonds is 8. The number of hydrogen-bond donors (Lipinski definition) is 0. The van der Waals surface area contributed by atoms with Crippen molar-refractivity contribution in [2.45, 2.75) is 20.5 Å². The lowest BCUT2D eigenvalue weighted by molar-refractivity contribution is -0.113. The maximum Gasteiger partial charge on any atom is 0.338 e. The lowest BCUT2D eigenvalue weighted by Crippen LogP contribution is -2.27. The second-order valence-corrected chi connectivity index (χ2v) is 9.59.